The molecule has 0 bridgehead atoms. The van der Waals surface area contributed by atoms with Crippen molar-refractivity contribution in [3.05, 3.63) is 134 Å². The molecule has 0 spiro atoms. The minimum absolute atomic E-state index is 0.0869. The molecule has 2 amide bonds. The zero-order valence-corrected chi connectivity index (χ0v) is 27.2. The molecule has 2 heterocycles. The second kappa shape index (κ2) is 13.6. The zero-order valence-electron chi connectivity index (χ0n) is 26.5. The lowest BCUT2D eigenvalue weighted by molar-refractivity contribution is -0.137. The van der Waals surface area contributed by atoms with Gasteiger partial charge in [-0.1, -0.05) is 60.1 Å². The summed E-state index contributed by atoms with van der Waals surface area (Å²) in [5.41, 5.74) is 2.52. The molecule has 4 N–H and O–H groups in total. The molecule has 1 atom stereocenters. The number of urea groups is 1. The Morgan fingerprint density at radius 2 is 1.73 bits per heavy atom. The van der Waals surface area contributed by atoms with E-state index in [2.05, 4.69) is 15.6 Å². The maximum Gasteiger partial charge on any atom is 0.416 e. The van der Waals surface area contributed by atoms with Crippen molar-refractivity contribution in [1.29, 1.82) is 0 Å². The first-order valence-electron chi connectivity index (χ1n) is 15.4. The second-order valence-electron chi connectivity index (χ2n) is 11.6. The van der Waals surface area contributed by atoms with Crippen LogP contribution in [0.1, 0.15) is 40.3 Å². The zero-order chi connectivity index (χ0) is 34.9. The largest absolute Gasteiger partial charge is 0.507 e. The number of aryl methyl sites for hydroxylation is 2. The monoisotopic (exact) mass is 688 g/mol. The van der Waals surface area contributed by atoms with Crippen LogP contribution in [-0.2, 0) is 19.6 Å². The average molecular weight is 689 g/mol. The number of benzene rings is 4. The molecule has 0 fully saturated rings. The number of alkyl halides is 3. The van der Waals surface area contributed by atoms with Gasteiger partial charge >= 0.3 is 12.2 Å². The minimum Gasteiger partial charge on any atom is -0.507 e. The topological polar surface area (TPSA) is 108 Å². The summed E-state index contributed by atoms with van der Waals surface area (Å²) in [5.74, 6) is -0.776. The summed E-state index contributed by atoms with van der Waals surface area (Å²) in [4.78, 5) is 30.3. The molecular weight excluding hydrogens is 657 g/mol. The number of nitrogens with zero attached hydrogens (tertiary/aromatic N) is 1. The van der Waals surface area contributed by atoms with Gasteiger partial charge in [0.05, 0.1) is 35.4 Å². The summed E-state index contributed by atoms with van der Waals surface area (Å²) in [6.45, 7) is 0.184. The Hall–Kier alpha value is -5.42. The Bertz CT molecular complexity index is 2230. The van der Waals surface area contributed by atoms with E-state index >= 15 is 0 Å². The van der Waals surface area contributed by atoms with Gasteiger partial charge in [0.25, 0.3) is 5.56 Å². The highest BCUT2D eigenvalue weighted by Gasteiger charge is 2.32. The number of H-pyrrole nitrogens is 1. The number of aromatic nitrogens is 2. The first kappa shape index (κ1) is 33.5. The number of carbonyl (C=O) groups is 1. The maximum atomic E-state index is 14.0. The third kappa shape index (κ3) is 6.66. The van der Waals surface area contributed by atoms with Crippen LogP contribution in [0.5, 0.6) is 11.5 Å². The first-order valence-corrected chi connectivity index (χ1v) is 15.8. The van der Waals surface area contributed by atoms with Gasteiger partial charge in [-0.25, -0.2) is 4.79 Å². The van der Waals surface area contributed by atoms with Crippen molar-refractivity contribution in [1.82, 2.24) is 14.9 Å². The fourth-order valence-corrected chi connectivity index (χ4v) is 6.43. The number of hydrogen-bond acceptors (Lipinski definition) is 4. The van der Waals surface area contributed by atoms with Crippen molar-refractivity contribution in [2.45, 2.75) is 24.9 Å². The third-order valence-corrected chi connectivity index (χ3v) is 8.82. The van der Waals surface area contributed by atoms with Crippen molar-refractivity contribution in [3.63, 3.8) is 0 Å². The van der Waals surface area contributed by atoms with Gasteiger partial charge in [0, 0.05) is 40.6 Å². The maximum absolute atomic E-state index is 14.0. The number of rotatable bonds is 9. The quantitative estimate of drug-likeness (QED) is 0.115. The van der Waals surface area contributed by atoms with E-state index in [0.717, 1.165) is 40.2 Å². The standard InChI is InChI=1S/C37H32ClF3N4O4/c1-45-29-16-15-23(38)20-26(29)34(46)32(35(45)47)31(21-9-4-3-5-10-21)33-25(24-11-6-7-13-27(24)43-33)12-8-18-42-36(48)44-28-19-22(37(39,40)41)14-17-30(28)49-2/h3-7,9-11,13-17,19-20,31,43,46H,8,12,18H2,1-2H3,(H2,42,44,48). The molecule has 12 heteroatoms. The number of ether oxygens (including phenoxy) is 1. The molecular formula is C37H32ClF3N4O4. The van der Waals surface area contributed by atoms with Crippen molar-refractivity contribution in [2.24, 2.45) is 7.05 Å². The SMILES string of the molecule is COc1ccc(C(F)(F)F)cc1NC(=O)NCCCc1c(C(c2ccccc2)c2c(O)c3cc(Cl)ccc3n(C)c2=O)[nH]c2ccccc12. The van der Waals surface area contributed by atoms with Crippen LogP contribution in [0.4, 0.5) is 23.7 Å². The number of anilines is 1. The molecule has 8 nitrogen and oxygen atoms in total. The van der Waals surface area contributed by atoms with Crippen LogP contribution < -0.4 is 20.9 Å². The molecule has 0 aliphatic rings. The summed E-state index contributed by atoms with van der Waals surface area (Å²) in [5, 5.41) is 18.7. The number of aromatic amines is 1. The van der Waals surface area contributed by atoms with Crippen LogP contribution in [0.3, 0.4) is 0 Å². The molecule has 0 saturated carbocycles. The highest BCUT2D eigenvalue weighted by Crippen LogP contribution is 2.41. The van der Waals surface area contributed by atoms with Gasteiger partial charge in [-0.2, -0.15) is 13.2 Å². The average Bonchev–Trinajstić information content (AvgIpc) is 3.45. The molecule has 6 aromatic rings. The summed E-state index contributed by atoms with van der Waals surface area (Å²) in [7, 11) is 2.96. The van der Waals surface area contributed by atoms with E-state index < -0.39 is 23.7 Å². The molecule has 0 radical (unpaired) electrons. The minimum atomic E-state index is -4.59. The van der Waals surface area contributed by atoms with Gasteiger partial charge in [-0.15, -0.1) is 0 Å². The van der Waals surface area contributed by atoms with E-state index in [9.17, 15) is 27.9 Å². The highest BCUT2D eigenvalue weighted by molar-refractivity contribution is 6.31. The molecule has 1 unspecified atom stereocenters. The van der Waals surface area contributed by atoms with Crippen LogP contribution in [0.2, 0.25) is 5.02 Å². The molecule has 0 aliphatic heterocycles. The van der Waals surface area contributed by atoms with E-state index in [1.165, 1.54) is 11.7 Å². The van der Waals surface area contributed by atoms with E-state index in [4.69, 9.17) is 16.3 Å². The van der Waals surface area contributed by atoms with Crippen molar-refractivity contribution >= 4 is 45.1 Å². The molecule has 252 valence electrons. The number of hydrogen-bond donors (Lipinski definition) is 4. The number of methoxy groups -OCH3 is 1. The first-order chi connectivity index (χ1) is 23.5. The van der Waals surface area contributed by atoms with Crippen LogP contribution in [0, 0.1) is 0 Å². The lowest BCUT2D eigenvalue weighted by Gasteiger charge is -2.22. The molecule has 6 rings (SSSR count). The molecule has 0 saturated heterocycles. The van der Waals surface area contributed by atoms with Crippen LogP contribution >= 0.6 is 11.6 Å². The van der Waals surface area contributed by atoms with Crippen LogP contribution in [0.15, 0.2) is 95.8 Å². The smallest absolute Gasteiger partial charge is 0.416 e. The van der Waals surface area contributed by atoms with Crippen LogP contribution in [-0.4, -0.2) is 34.3 Å². The van der Waals surface area contributed by atoms with Gasteiger partial charge in [-0.3, -0.25) is 4.79 Å². The second-order valence-corrected chi connectivity index (χ2v) is 12.0. The fraction of sp³-hybridized carbons (Fsp3) is 0.189. The van der Waals surface area contributed by atoms with E-state index in [1.54, 1.807) is 25.2 Å². The van der Waals surface area contributed by atoms with E-state index in [1.807, 2.05) is 54.6 Å². The van der Waals surface area contributed by atoms with Crippen molar-refractivity contribution in [3.8, 4) is 11.5 Å². The Kier molecular flexibility index (Phi) is 9.29. The van der Waals surface area contributed by atoms with Crippen LogP contribution in [0.25, 0.3) is 21.8 Å². The van der Waals surface area contributed by atoms with Gasteiger partial charge in [0.15, 0.2) is 0 Å². The Balaban J connectivity index is 1.33. The van der Waals surface area contributed by atoms with E-state index in [0.29, 0.717) is 34.5 Å². The van der Waals surface area contributed by atoms with Crippen molar-refractivity contribution in [2.75, 3.05) is 19.0 Å². The third-order valence-electron chi connectivity index (χ3n) is 8.59. The van der Waals surface area contributed by atoms with Gasteiger partial charge in [0.2, 0.25) is 0 Å². The number of aromatic hydroxyl groups is 1. The number of amides is 2. The Morgan fingerprint density at radius 3 is 2.47 bits per heavy atom. The number of fused-ring (bicyclic) bond motifs is 2. The lowest BCUT2D eigenvalue weighted by Crippen LogP contribution is -2.30. The Morgan fingerprint density at radius 1 is 1.00 bits per heavy atom. The Labute approximate surface area is 284 Å². The molecule has 49 heavy (non-hydrogen) atoms. The fourth-order valence-electron chi connectivity index (χ4n) is 6.26. The summed E-state index contributed by atoms with van der Waals surface area (Å²) in [6, 6.07) is 24.2. The van der Waals surface area contributed by atoms with Gasteiger partial charge < -0.3 is 30.0 Å². The number of halogens is 4. The summed E-state index contributed by atoms with van der Waals surface area (Å²) >= 11 is 6.32. The predicted octanol–water partition coefficient (Wildman–Crippen LogP) is 8.34. The number of para-hydroxylation sites is 1. The normalized spacial score (nSPS) is 12.3. The molecule has 4 aromatic carbocycles. The summed E-state index contributed by atoms with van der Waals surface area (Å²) < 4.78 is 46.5. The number of pyridine rings is 1. The van der Waals surface area contributed by atoms with Crippen molar-refractivity contribution < 1.29 is 27.8 Å². The number of carbonyl (C=O) groups excluding carboxylic acids is 1. The molecule has 0 aliphatic carbocycles. The number of nitrogens with one attached hydrogen (secondary N) is 3. The van der Waals surface area contributed by atoms with Gasteiger partial charge in [-0.05, 0) is 66.4 Å². The highest BCUT2D eigenvalue weighted by atomic mass is 35.5. The molecule has 2 aromatic heterocycles. The van der Waals surface area contributed by atoms with E-state index in [-0.39, 0.29) is 34.9 Å². The lowest BCUT2D eigenvalue weighted by atomic mass is 9.85. The summed E-state index contributed by atoms with van der Waals surface area (Å²) in [6.07, 6.45) is -3.69. The predicted molar refractivity (Wildman–Crippen MR) is 185 cm³/mol. The van der Waals surface area contributed by atoms with Gasteiger partial charge in [0.1, 0.15) is 11.5 Å².